The highest BCUT2D eigenvalue weighted by atomic mass is 32.2. The number of nitro benzene ring substituents is 1. The molecule has 130 valence electrons. The van der Waals surface area contributed by atoms with Crippen LogP contribution in [0.3, 0.4) is 0 Å². The van der Waals surface area contributed by atoms with Crippen LogP contribution in [0.25, 0.3) is 0 Å². The summed E-state index contributed by atoms with van der Waals surface area (Å²) in [4.78, 5) is 35.9. The molecule has 0 bridgehead atoms. The molecule has 1 N–H and O–H groups in total. The summed E-state index contributed by atoms with van der Waals surface area (Å²) in [6.07, 6.45) is 0.278. The Balaban J connectivity index is 2.14. The number of nitrogens with zero attached hydrogens (tertiary/aromatic N) is 2. The molecule has 1 aliphatic heterocycles. The summed E-state index contributed by atoms with van der Waals surface area (Å²) in [5.74, 6) is -2.13. The van der Waals surface area contributed by atoms with Crippen molar-refractivity contribution in [3.05, 3.63) is 34.4 Å². The van der Waals surface area contributed by atoms with Gasteiger partial charge in [0.05, 0.1) is 16.4 Å². The maximum absolute atomic E-state index is 12.3. The van der Waals surface area contributed by atoms with Crippen molar-refractivity contribution in [3.8, 4) is 0 Å². The van der Waals surface area contributed by atoms with E-state index in [9.17, 15) is 28.1 Å². The minimum absolute atomic E-state index is 0.0206. The van der Waals surface area contributed by atoms with Crippen LogP contribution in [0.15, 0.2) is 24.3 Å². The predicted molar refractivity (Wildman–Crippen MR) is 86.2 cm³/mol. The Hall–Kier alpha value is -2.49. The zero-order chi connectivity index (χ0) is 17.9. The third-order valence-electron chi connectivity index (χ3n) is 3.79. The molecule has 1 fully saturated rings. The van der Waals surface area contributed by atoms with Gasteiger partial charge in [-0.3, -0.25) is 19.7 Å². The summed E-state index contributed by atoms with van der Waals surface area (Å²) in [5, 5.41) is 13.2. The Morgan fingerprint density at radius 1 is 1.38 bits per heavy atom. The van der Waals surface area contributed by atoms with Crippen molar-refractivity contribution in [2.75, 3.05) is 23.4 Å². The fraction of sp³-hybridized carbons (Fsp3) is 0.429. The van der Waals surface area contributed by atoms with Gasteiger partial charge in [0.15, 0.2) is 9.84 Å². The number of carbonyl (C=O) groups is 2. The Kier molecular flexibility index (Phi) is 5.17. The number of nitro groups is 1. The lowest BCUT2D eigenvalue weighted by atomic mass is 10.2. The van der Waals surface area contributed by atoms with Crippen LogP contribution in [0.2, 0.25) is 0 Å². The van der Waals surface area contributed by atoms with E-state index in [2.05, 4.69) is 5.32 Å². The van der Waals surface area contributed by atoms with Gasteiger partial charge in [-0.25, -0.2) is 8.42 Å². The molecule has 0 aromatic heterocycles. The SMILES string of the molecule is CCN(C(=O)C(=O)Nc1ccccc1[N+](=O)[O-])C1CCS(=O)(=O)C1. The molecule has 1 aromatic rings. The van der Waals surface area contributed by atoms with Crippen LogP contribution in [0.5, 0.6) is 0 Å². The third-order valence-corrected chi connectivity index (χ3v) is 5.54. The first-order valence-corrected chi connectivity index (χ1v) is 9.13. The number of carbonyl (C=O) groups excluding carboxylic acids is 2. The number of para-hydroxylation sites is 2. The molecule has 2 amide bonds. The smallest absolute Gasteiger partial charge is 0.314 e. The number of benzene rings is 1. The summed E-state index contributed by atoms with van der Waals surface area (Å²) >= 11 is 0. The van der Waals surface area contributed by atoms with Crippen molar-refractivity contribution in [1.29, 1.82) is 0 Å². The molecule has 0 aliphatic carbocycles. The second-order valence-electron chi connectivity index (χ2n) is 5.38. The van der Waals surface area contributed by atoms with Crippen molar-refractivity contribution in [1.82, 2.24) is 4.90 Å². The van der Waals surface area contributed by atoms with E-state index in [1.165, 1.54) is 29.2 Å². The zero-order valence-corrected chi connectivity index (χ0v) is 13.8. The number of nitrogens with one attached hydrogen (secondary N) is 1. The maximum Gasteiger partial charge on any atom is 0.314 e. The number of sulfone groups is 1. The lowest BCUT2D eigenvalue weighted by Crippen LogP contribution is -2.46. The Morgan fingerprint density at radius 3 is 2.58 bits per heavy atom. The summed E-state index contributed by atoms with van der Waals surface area (Å²) in [6, 6.07) is 4.91. The highest BCUT2D eigenvalue weighted by molar-refractivity contribution is 7.91. The van der Waals surface area contributed by atoms with Crippen LogP contribution in [-0.2, 0) is 19.4 Å². The molecular formula is C14H17N3O6S. The number of amides is 2. The second kappa shape index (κ2) is 6.95. The van der Waals surface area contributed by atoms with E-state index in [1.54, 1.807) is 6.92 Å². The number of anilines is 1. The van der Waals surface area contributed by atoms with E-state index in [4.69, 9.17) is 0 Å². The van der Waals surface area contributed by atoms with Crippen LogP contribution >= 0.6 is 0 Å². The first kappa shape index (κ1) is 17.9. The molecule has 2 rings (SSSR count). The van der Waals surface area contributed by atoms with Crippen LogP contribution in [-0.4, -0.2) is 54.1 Å². The number of likely N-dealkylation sites (N-methyl/N-ethyl adjacent to an activating group) is 1. The number of rotatable bonds is 4. The van der Waals surface area contributed by atoms with Gasteiger partial charge in [-0.15, -0.1) is 0 Å². The van der Waals surface area contributed by atoms with E-state index >= 15 is 0 Å². The molecule has 1 unspecified atom stereocenters. The molecule has 1 saturated heterocycles. The standard InChI is InChI=1S/C14H17N3O6S/c1-2-16(10-7-8-24(22,23)9-10)14(19)13(18)15-11-5-3-4-6-12(11)17(20)21/h3-6,10H,2,7-9H2,1H3,(H,15,18). The molecule has 1 atom stereocenters. The molecule has 0 saturated carbocycles. The van der Waals surface area contributed by atoms with Crippen molar-refractivity contribution in [3.63, 3.8) is 0 Å². The van der Waals surface area contributed by atoms with Crippen LogP contribution in [0.4, 0.5) is 11.4 Å². The fourth-order valence-corrected chi connectivity index (χ4v) is 4.36. The first-order chi connectivity index (χ1) is 11.2. The van der Waals surface area contributed by atoms with Gasteiger partial charge in [-0.1, -0.05) is 12.1 Å². The minimum Gasteiger partial charge on any atom is -0.331 e. The largest absolute Gasteiger partial charge is 0.331 e. The van der Waals surface area contributed by atoms with Gasteiger partial charge in [-0.2, -0.15) is 0 Å². The monoisotopic (exact) mass is 355 g/mol. The summed E-state index contributed by atoms with van der Waals surface area (Å²) in [5.41, 5.74) is -0.416. The summed E-state index contributed by atoms with van der Waals surface area (Å²) in [6.45, 7) is 1.81. The zero-order valence-electron chi connectivity index (χ0n) is 13.0. The second-order valence-corrected chi connectivity index (χ2v) is 7.61. The van der Waals surface area contributed by atoms with E-state index in [1.807, 2.05) is 0 Å². The van der Waals surface area contributed by atoms with E-state index in [0.717, 1.165) is 0 Å². The topological polar surface area (TPSA) is 127 Å². The number of hydrogen-bond acceptors (Lipinski definition) is 6. The Morgan fingerprint density at radius 2 is 2.04 bits per heavy atom. The quantitative estimate of drug-likeness (QED) is 0.478. The van der Waals surface area contributed by atoms with Crippen LogP contribution in [0, 0.1) is 10.1 Å². The fourth-order valence-electron chi connectivity index (χ4n) is 2.63. The lowest BCUT2D eigenvalue weighted by molar-refractivity contribution is -0.383. The van der Waals surface area contributed by atoms with Gasteiger partial charge in [-0.05, 0) is 19.4 Å². The van der Waals surface area contributed by atoms with Gasteiger partial charge in [0.1, 0.15) is 5.69 Å². The van der Waals surface area contributed by atoms with Crippen molar-refractivity contribution >= 4 is 33.0 Å². The van der Waals surface area contributed by atoms with Gasteiger partial charge < -0.3 is 10.2 Å². The molecule has 9 nitrogen and oxygen atoms in total. The van der Waals surface area contributed by atoms with Gasteiger partial charge in [0, 0.05) is 18.7 Å². The third kappa shape index (κ3) is 3.88. The van der Waals surface area contributed by atoms with Crippen LogP contribution in [0.1, 0.15) is 13.3 Å². The highest BCUT2D eigenvalue weighted by Gasteiger charge is 2.36. The van der Waals surface area contributed by atoms with E-state index in [-0.39, 0.29) is 35.8 Å². The van der Waals surface area contributed by atoms with E-state index in [0.29, 0.717) is 0 Å². The average Bonchev–Trinajstić information content (AvgIpc) is 2.88. The van der Waals surface area contributed by atoms with Gasteiger partial charge in [0.2, 0.25) is 0 Å². The molecule has 1 aromatic carbocycles. The normalized spacial score (nSPS) is 18.8. The molecule has 1 heterocycles. The molecule has 1 aliphatic rings. The Labute approximate surface area is 138 Å². The van der Waals surface area contributed by atoms with Crippen molar-refractivity contribution in [2.45, 2.75) is 19.4 Å². The summed E-state index contributed by atoms with van der Waals surface area (Å²) < 4.78 is 23.1. The Bertz CT molecular complexity index is 776. The molecule has 24 heavy (non-hydrogen) atoms. The van der Waals surface area contributed by atoms with Crippen molar-refractivity contribution < 1.29 is 22.9 Å². The maximum atomic E-state index is 12.3. The highest BCUT2D eigenvalue weighted by Crippen LogP contribution is 2.23. The molecule has 0 spiro atoms. The molecule has 0 radical (unpaired) electrons. The minimum atomic E-state index is -3.20. The van der Waals surface area contributed by atoms with Gasteiger partial charge >= 0.3 is 11.8 Å². The number of hydrogen-bond donors (Lipinski definition) is 1. The molecular weight excluding hydrogens is 338 g/mol. The summed E-state index contributed by atoms with van der Waals surface area (Å²) in [7, 11) is -3.20. The lowest BCUT2D eigenvalue weighted by Gasteiger charge is -2.26. The predicted octanol–water partition coefficient (Wildman–Crippen LogP) is 0.569. The molecule has 10 heteroatoms. The first-order valence-electron chi connectivity index (χ1n) is 7.31. The van der Waals surface area contributed by atoms with Crippen LogP contribution < -0.4 is 5.32 Å². The van der Waals surface area contributed by atoms with Crippen molar-refractivity contribution in [2.24, 2.45) is 0 Å². The average molecular weight is 355 g/mol. The van der Waals surface area contributed by atoms with E-state index < -0.39 is 32.6 Å². The van der Waals surface area contributed by atoms with Gasteiger partial charge in [0.25, 0.3) is 5.69 Å².